The third-order valence-corrected chi connectivity index (χ3v) is 4.07. The van der Waals surface area contributed by atoms with Gasteiger partial charge in [-0.3, -0.25) is 9.59 Å². The summed E-state index contributed by atoms with van der Waals surface area (Å²) in [5.74, 6) is 0.832. The number of amides is 2. The summed E-state index contributed by atoms with van der Waals surface area (Å²) >= 11 is 0. The van der Waals surface area contributed by atoms with E-state index in [-0.39, 0.29) is 11.8 Å². The minimum atomic E-state index is -0.0331. The molecule has 2 aromatic rings. The minimum absolute atomic E-state index is 0.0331. The third-order valence-electron chi connectivity index (χ3n) is 4.07. The summed E-state index contributed by atoms with van der Waals surface area (Å²) in [5, 5.41) is 5.81. The lowest BCUT2D eigenvalue weighted by Crippen LogP contribution is -2.13. The molecular weight excluding hydrogens is 316 g/mol. The molecule has 0 saturated heterocycles. The highest BCUT2D eigenvalue weighted by Crippen LogP contribution is 2.25. The number of ether oxygens (including phenoxy) is 1. The number of fused-ring (bicyclic) bond motifs is 1. The zero-order chi connectivity index (χ0) is 17.5. The van der Waals surface area contributed by atoms with Gasteiger partial charge in [0.25, 0.3) is 0 Å². The zero-order valence-electron chi connectivity index (χ0n) is 14.1. The van der Waals surface area contributed by atoms with Crippen molar-refractivity contribution in [2.45, 2.75) is 32.1 Å². The minimum Gasteiger partial charge on any atom is -0.494 e. The van der Waals surface area contributed by atoms with Gasteiger partial charge >= 0.3 is 0 Å². The van der Waals surface area contributed by atoms with Gasteiger partial charge in [-0.25, -0.2) is 0 Å². The van der Waals surface area contributed by atoms with E-state index in [2.05, 4.69) is 10.6 Å². The Labute approximate surface area is 147 Å². The van der Waals surface area contributed by atoms with Gasteiger partial charge in [0.1, 0.15) is 5.75 Å². The summed E-state index contributed by atoms with van der Waals surface area (Å²) in [5.41, 5.74) is 2.68. The quantitative estimate of drug-likeness (QED) is 0.788. The summed E-state index contributed by atoms with van der Waals surface area (Å²) in [6.45, 7) is 0.508. The Morgan fingerprint density at radius 2 is 1.96 bits per heavy atom. The van der Waals surface area contributed by atoms with E-state index >= 15 is 0 Å². The first-order valence-corrected chi connectivity index (χ1v) is 8.61. The number of hydrogen-bond donors (Lipinski definition) is 2. The molecule has 130 valence electrons. The number of hydrogen-bond acceptors (Lipinski definition) is 3. The van der Waals surface area contributed by atoms with Crippen molar-refractivity contribution in [1.82, 2.24) is 0 Å². The van der Waals surface area contributed by atoms with Gasteiger partial charge in [-0.15, -0.1) is 0 Å². The van der Waals surface area contributed by atoms with E-state index in [0.29, 0.717) is 25.9 Å². The van der Waals surface area contributed by atoms with E-state index in [0.717, 1.165) is 35.5 Å². The van der Waals surface area contributed by atoms with Crippen molar-refractivity contribution >= 4 is 23.2 Å². The topological polar surface area (TPSA) is 67.4 Å². The Bertz CT molecular complexity index is 744. The van der Waals surface area contributed by atoms with E-state index in [1.165, 1.54) is 0 Å². The molecule has 0 atom stereocenters. The average molecular weight is 338 g/mol. The molecule has 0 saturated carbocycles. The number of carbonyl (C=O) groups is 2. The SMILES string of the molecule is O=C(CCCOc1ccccc1)Nc1ccc2c(c1)CCCC(=O)N2. The monoisotopic (exact) mass is 338 g/mol. The van der Waals surface area contributed by atoms with Crippen molar-refractivity contribution in [1.29, 1.82) is 0 Å². The van der Waals surface area contributed by atoms with Crippen LogP contribution in [0.2, 0.25) is 0 Å². The van der Waals surface area contributed by atoms with E-state index < -0.39 is 0 Å². The molecule has 0 aromatic heterocycles. The number of anilines is 2. The number of aryl methyl sites for hydroxylation is 1. The van der Waals surface area contributed by atoms with Crippen LogP contribution in [-0.2, 0) is 16.0 Å². The molecule has 0 aliphatic carbocycles. The van der Waals surface area contributed by atoms with E-state index in [1.807, 2.05) is 48.5 Å². The maximum absolute atomic E-state index is 12.1. The van der Waals surface area contributed by atoms with Crippen LogP contribution in [0.3, 0.4) is 0 Å². The standard InChI is InChI=1S/C20H22N2O3/c23-19(10-5-13-25-17-7-2-1-3-8-17)21-16-11-12-18-15(14-16)6-4-9-20(24)22-18/h1-3,7-8,11-12,14H,4-6,9-10,13H2,(H,21,23)(H,22,24). The zero-order valence-corrected chi connectivity index (χ0v) is 14.1. The van der Waals surface area contributed by atoms with Gasteiger partial charge in [-0.2, -0.15) is 0 Å². The van der Waals surface area contributed by atoms with Gasteiger partial charge in [0, 0.05) is 24.2 Å². The molecule has 3 rings (SSSR count). The van der Waals surface area contributed by atoms with Crippen molar-refractivity contribution in [3.05, 3.63) is 54.1 Å². The smallest absolute Gasteiger partial charge is 0.224 e. The summed E-state index contributed by atoms with van der Waals surface area (Å²) < 4.78 is 5.58. The lowest BCUT2D eigenvalue weighted by Gasteiger charge is -2.11. The predicted molar refractivity (Wildman–Crippen MR) is 97.8 cm³/mol. The number of nitrogens with one attached hydrogen (secondary N) is 2. The van der Waals surface area contributed by atoms with Crippen LogP contribution in [0.5, 0.6) is 5.75 Å². The molecule has 1 aliphatic heterocycles. The molecule has 1 heterocycles. The lowest BCUT2D eigenvalue weighted by atomic mass is 10.1. The molecule has 25 heavy (non-hydrogen) atoms. The maximum atomic E-state index is 12.1. The molecular formula is C20H22N2O3. The van der Waals surface area contributed by atoms with Crippen LogP contribution in [0, 0.1) is 0 Å². The van der Waals surface area contributed by atoms with Crippen molar-refractivity contribution in [3.63, 3.8) is 0 Å². The normalized spacial score (nSPS) is 13.4. The van der Waals surface area contributed by atoms with E-state index in [9.17, 15) is 9.59 Å². The second kappa shape index (κ2) is 8.33. The van der Waals surface area contributed by atoms with Gasteiger partial charge in [0.05, 0.1) is 6.61 Å². The lowest BCUT2D eigenvalue weighted by molar-refractivity contribution is -0.117. The fourth-order valence-electron chi connectivity index (χ4n) is 2.82. The Kier molecular flexibility index (Phi) is 5.67. The maximum Gasteiger partial charge on any atom is 0.224 e. The molecule has 5 nitrogen and oxygen atoms in total. The first-order valence-electron chi connectivity index (χ1n) is 8.61. The molecule has 5 heteroatoms. The van der Waals surface area contributed by atoms with Crippen LogP contribution in [-0.4, -0.2) is 18.4 Å². The van der Waals surface area contributed by atoms with Crippen LogP contribution >= 0.6 is 0 Å². The third kappa shape index (κ3) is 5.08. The second-order valence-electron chi connectivity index (χ2n) is 6.09. The number of para-hydroxylation sites is 1. The van der Waals surface area contributed by atoms with Crippen LogP contribution < -0.4 is 15.4 Å². The molecule has 0 radical (unpaired) electrons. The predicted octanol–water partition coefficient (Wildman–Crippen LogP) is 3.76. The first-order chi connectivity index (χ1) is 12.2. The van der Waals surface area contributed by atoms with Crippen LogP contribution in [0.4, 0.5) is 11.4 Å². The Morgan fingerprint density at radius 3 is 2.80 bits per heavy atom. The molecule has 0 fully saturated rings. The van der Waals surface area contributed by atoms with Crippen LogP contribution in [0.25, 0.3) is 0 Å². The highest BCUT2D eigenvalue weighted by Gasteiger charge is 2.13. The van der Waals surface area contributed by atoms with Gasteiger partial charge < -0.3 is 15.4 Å². The highest BCUT2D eigenvalue weighted by atomic mass is 16.5. The van der Waals surface area contributed by atoms with Crippen molar-refractivity contribution in [2.75, 3.05) is 17.2 Å². The van der Waals surface area contributed by atoms with Crippen LogP contribution in [0.15, 0.2) is 48.5 Å². The Morgan fingerprint density at radius 1 is 1.12 bits per heavy atom. The Hall–Kier alpha value is -2.82. The first kappa shape index (κ1) is 17.0. The summed E-state index contributed by atoms with van der Waals surface area (Å²) in [4.78, 5) is 23.6. The van der Waals surface area contributed by atoms with Gasteiger partial charge in [-0.1, -0.05) is 18.2 Å². The second-order valence-corrected chi connectivity index (χ2v) is 6.09. The van der Waals surface area contributed by atoms with Crippen molar-refractivity contribution < 1.29 is 14.3 Å². The van der Waals surface area contributed by atoms with Gasteiger partial charge in [0.15, 0.2) is 0 Å². The molecule has 2 amide bonds. The molecule has 0 bridgehead atoms. The fourth-order valence-corrected chi connectivity index (χ4v) is 2.82. The summed E-state index contributed by atoms with van der Waals surface area (Å²) in [6, 6.07) is 15.2. The summed E-state index contributed by atoms with van der Waals surface area (Å²) in [7, 11) is 0. The molecule has 2 N–H and O–H groups in total. The van der Waals surface area contributed by atoms with E-state index in [1.54, 1.807) is 0 Å². The molecule has 0 unspecified atom stereocenters. The number of rotatable bonds is 6. The van der Waals surface area contributed by atoms with Gasteiger partial charge in [-0.05, 0) is 55.2 Å². The average Bonchev–Trinajstić information content (AvgIpc) is 2.80. The summed E-state index contributed by atoms with van der Waals surface area (Å²) in [6.07, 6.45) is 3.26. The Balaban J connectivity index is 1.46. The van der Waals surface area contributed by atoms with Crippen molar-refractivity contribution in [2.24, 2.45) is 0 Å². The van der Waals surface area contributed by atoms with E-state index in [4.69, 9.17) is 4.74 Å². The number of benzene rings is 2. The molecule has 2 aromatic carbocycles. The van der Waals surface area contributed by atoms with Crippen LogP contribution in [0.1, 0.15) is 31.2 Å². The molecule has 0 spiro atoms. The van der Waals surface area contributed by atoms with Gasteiger partial charge in [0.2, 0.25) is 11.8 Å². The highest BCUT2D eigenvalue weighted by molar-refractivity contribution is 5.94. The fraction of sp³-hybridized carbons (Fsp3) is 0.300. The largest absolute Gasteiger partial charge is 0.494 e. The molecule has 1 aliphatic rings. The van der Waals surface area contributed by atoms with Crippen molar-refractivity contribution in [3.8, 4) is 5.75 Å². The number of carbonyl (C=O) groups excluding carboxylic acids is 2.